The quantitative estimate of drug-likeness (QED) is 0.305. The maximum Gasteiger partial charge on any atom is 0.141 e. The smallest absolute Gasteiger partial charge is 0.141 e. The fourth-order valence-corrected chi connectivity index (χ4v) is 3.10. The summed E-state index contributed by atoms with van der Waals surface area (Å²) in [4.78, 5) is 0. The molecule has 0 aliphatic rings. The van der Waals surface area contributed by atoms with E-state index in [2.05, 4.69) is 27.7 Å². The molecule has 0 fully saturated rings. The van der Waals surface area contributed by atoms with Crippen LogP contribution in [0.3, 0.4) is 0 Å². The average Bonchev–Trinajstić information content (AvgIpc) is 2.71. The zero-order chi connectivity index (χ0) is 23.1. The molecule has 168 valence electrons. The number of benzene rings is 2. The van der Waals surface area contributed by atoms with Gasteiger partial charge in [-0.25, -0.2) is 0 Å². The van der Waals surface area contributed by atoms with Gasteiger partial charge < -0.3 is 14.2 Å². The minimum absolute atomic E-state index is 0.0686. The largest absolute Gasteiger partial charge is 0.463 e. The Bertz CT molecular complexity index is 818. The third kappa shape index (κ3) is 8.59. The van der Waals surface area contributed by atoms with Crippen molar-refractivity contribution in [2.45, 2.75) is 38.5 Å². The summed E-state index contributed by atoms with van der Waals surface area (Å²) in [7, 11) is 0. The van der Waals surface area contributed by atoms with Crippen molar-refractivity contribution in [3.8, 4) is 11.5 Å². The topological polar surface area (TPSA) is 27.7 Å². The van der Waals surface area contributed by atoms with Gasteiger partial charge in [0, 0.05) is 10.8 Å². The lowest BCUT2D eigenvalue weighted by Crippen LogP contribution is -2.30. The van der Waals surface area contributed by atoms with Gasteiger partial charge in [0.1, 0.15) is 33.0 Å². The molecule has 2 rings (SSSR count). The molecule has 0 atom stereocenters. The van der Waals surface area contributed by atoms with Gasteiger partial charge in [-0.1, -0.05) is 98.4 Å². The summed E-state index contributed by atoms with van der Waals surface area (Å²) >= 11 is 22.3. The van der Waals surface area contributed by atoms with Gasteiger partial charge in [-0.3, -0.25) is 0 Å². The van der Waals surface area contributed by atoms with Gasteiger partial charge in [-0.2, -0.15) is 0 Å². The van der Waals surface area contributed by atoms with E-state index in [1.54, 1.807) is 0 Å². The van der Waals surface area contributed by atoms with Crippen molar-refractivity contribution in [2.24, 2.45) is 0 Å². The fraction of sp³-hybridized carbons (Fsp3) is 0.333. The molecule has 7 heteroatoms. The van der Waals surface area contributed by atoms with Crippen LogP contribution in [0.4, 0.5) is 0 Å². The molecule has 0 amide bonds. The Morgan fingerprint density at radius 1 is 0.645 bits per heavy atom. The lowest BCUT2D eigenvalue weighted by atomic mass is 9.84. The molecule has 0 saturated carbocycles. The van der Waals surface area contributed by atoms with E-state index in [1.807, 2.05) is 48.5 Å². The standard InChI is InChI=1S/C24H26Cl4O3/c1-23(2,17-5-9-19(10-6-17)30-13-21(25)26)15-29-16-24(3,4)18-7-11-20(12-8-18)31-14-22(27)28/h5-14H,15-16H2,1-4H3. The number of ether oxygens (including phenoxy) is 3. The third-order valence-corrected chi connectivity index (χ3v) is 5.12. The molecule has 0 bridgehead atoms. The molecule has 0 saturated heterocycles. The first-order valence-corrected chi connectivity index (χ1v) is 11.2. The molecule has 0 spiro atoms. The molecule has 0 aromatic heterocycles. The molecule has 0 heterocycles. The van der Waals surface area contributed by atoms with E-state index >= 15 is 0 Å². The van der Waals surface area contributed by atoms with E-state index in [9.17, 15) is 0 Å². The van der Waals surface area contributed by atoms with Crippen LogP contribution in [0, 0.1) is 0 Å². The van der Waals surface area contributed by atoms with Crippen molar-refractivity contribution in [1.82, 2.24) is 0 Å². The second-order valence-electron chi connectivity index (χ2n) is 8.36. The van der Waals surface area contributed by atoms with Crippen LogP contribution in [0.1, 0.15) is 38.8 Å². The first kappa shape index (κ1) is 25.9. The predicted molar refractivity (Wildman–Crippen MR) is 131 cm³/mol. The van der Waals surface area contributed by atoms with E-state index < -0.39 is 0 Å². The molecule has 0 aliphatic heterocycles. The van der Waals surface area contributed by atoms with Crippen molar-refractivity contribution < 1.29 is 14.2 Å². The first-order chi connectivity index (χ1) is 14.5. The van der Waals surface area contributed by atoms with Gasteiger partial charge in [0.25, 0.3) is 0 Å². The Labute approximate surface area is 204 Å². The highest BCUT2D eigenvalue weighted by atomic mass is 35.5. The van der Waals surface area contributed by atoms with Crippen LogP contribution < -0.4 is 9.47 Å². The van der Waals surface area contributed by atoms with E-state index in [-0.39, 0.29) is 19.8 Å². The lowest BCUT2D eigenvalue weighted by Gasteiger charge is -2.30. The molecule has 0 aliphatic carbocycles. The zero-order valence-corrected chi connectivity index (χ0v) is 20.9. The first-order valence-electron chi connectivity index (χ1n) is 9.64. The van der Waals surface area contributed by atoms with E-state index in [4.69, 9.17) is 60.6 Å². The van der Waals surface area contributed by atoms with Gasteiger partial charge in [0.05, 0.1) is 13.2 Å². The van der Waals surface area contributed by atoms with Gasteiger partial charge >= 0.3 is 0 Å². The van der Waals surface area contributed by atoms with E-state index in [0.717, 1.165) is 11.1 Å². The second-order valence-corrected chi connectivity index (χ2v) is 10.4. The molecular weight excluding hydrogens is 478 g/mol. The van der Waals surface area contributed by atoms with Crippen molar-refractivity contribution in [3.05, 3.63) is 81.2 Å². The second kappa shape index (κ2) is 11.5. The minimum atomic E-state index is -0.167. The zero-order valence-electron chi connectivity index (χ0n) is 17.9. The third-order valence-electron chi connectivity index (χ3n) is 4.77. The summed E-state index contributed by atoms with van der Waals surface area (Å²) < 4.78 is 17.0. The van der Waals surface area contributed by atoms with Gasteiger partial charge in [0.2, 0.25) is 0 Å². The molecular formula is C24H26Cl4O3. The van der Waals surface area contributed by atoms with E-state index in [0.29, 0.717) is 24.7 Å². The summed E-state index contributed by atoms with van der Waals surface area (Å²) in [6.07, 6.45) is 2.58. The monoisotopic (exact) mass is 502 g/mol. The number of hydrogen-bond donors (Lipinski definition) is 0. The highest BCUT2D eigenvalue weighted by Crippen LogP contribution is 2.29. The summed E-state index contributed by atoms with van der Waals surface area (Å²) in [5.41, 5.74) is 1.95. The van der Waals surface area contributed by atoms with Crippen molar-refractivity contribution in [2.75, 3.05) is 13.2 Å². The Morgan fingerprint density at radius 2 is 0.968 bits per heavy atom. The predicted octanol–water partition coefficient (Wildman–Crippen LogP) is 8.27. The molecule has 0 N–H and O–H groups in total. The summed E-state index contributed by atoms with van der Waals surface area (Å²) in [6, 6.07) is 15.6. The summed E-state index contributed by atoms with van der Waals surface area (Å²) in [6.45, 7) is 9.73. The summed E-state index contributed by atoms with van der Waals surface area (Å²) in [5.74, 6) is 1.33. The molecule has 0 radical (unpaired) electrons. The Morgan fingerprint density at radius 3 is 1.26 bits per heavy atom. The van der Waals surface area contributed by atoms with Crippen LogP contribution in [0.5, 0.6) is 11.5 Å². The van der Waals surface area contributed by atoms with Crippen LogP contribution >= 0.6 is 46.4 Å². The number of rotatable bonds is 10. The fourth-order valence-electron chi connectivity index (χ4n) is 2.92. The van der Waals surface area contributed by atoms with Gasteiger partial charge in [-0.15, -0.1) is 0 Å². The van der Waals surface area contributed by atoms with Crippen LogP contribution in [-0.4, -0.2) is 13.2 Å². The van der Waals surface area contributed by atoms with Crippen LogP contribution in [0.25, 0.3) is 0 Å². The lowest BCUT2D eigenvalue weighted by molar-refractivity contribution is 0.0633. The van der Waals surface area contributed by atoms with Crippen LogP contribution in [-0.2, 0) is 15.6 Å². The average molecular weight is 504 g/mol. The maximum atomic E-state index is 6.14. The van der Waals surface area contributed by atoms with Crippen molar-refractivity contribution in [3.63, 3.8) is 0 Å². The SMILES string of the molecule is CC(C)(COCC(C)(C)c1ccc(OC=C(Cl)Cl)cc1)c1ccc(OC=C(Cl)Cl)cc1. The Balaban J connectivity index is 1.94. The molecule has 2 aromatic carbocycles. The van der Waals surface area contributed by atoms with Gasteiger partial charge in [-0.05, 0) is 35.4 Å². The normalized spacial score (nSPS) is 11.6. The number of halogens is 4. The molecule has 3 nitrogen and oxygen atoms in total. The van der Waals surface area contributed by atoms with Crippen molar-refractivity contribution in [1.29, 1.82) is 0 Å². The highest BCUT2D eigenvalue weighted by molar-refractivity contribution is 6.56. The van der Waals surface area contributed by atoms with Crippen molar-refractivity contribution >= 4 is 46.4 Å². The van der Waals surface area contributed by atoms with Crippen LogP contribution in [0.15, 0.2) is 70.0 Å². The highest BCUT2D eigenvalue weighted by Gasteiger charge is 2.25. The molecule has 31 heavy (non-hydrogen) atoms. The summed E-state index contributed by atoms with van der Waals surface area (Å²) in [5, 5.41) is 0. The Hall–Kier alpha value is -1.36. The van der Waals surface area contributed by atoms with E-state index in [1.165, 1.54) is 12.5 Å². The number of hydrogen-bond acceptors (Lipinski definition) is 3. The maximum absolute atomic E-state index is 6.14. The molecule has 0 unspecified atom stereocenters. The van der Waals surface area contributed by atoms with Crippen LogP contribution in [0.2, 0.25) is 0 Å². The Kier molecular flexibility index (Phi) is 9.60. The molecule has 2 aromatic rings. The minimum Gasteiger partial charge on any atom is -0.463 e. The van der Waals surface area contributed by atoms with Gasteiger partial charge in [0.15, 0.2) is 0 Å².